The van der Waals surface area contributed by atoms with Crippen LogP contribution >= 0.6 is 39.9 Å². The van der Waals surface area contributed by atoms with Gasteiger partial charge >= 0.3 is 0 Å². The molecule has 1 saturated heterocycles. The highest BCUT2D eigenvalue weighted by atomic mass is 79.9. The summed E-state index contributed by atoms with van der Waals surface area (Å²) in [5, 5.41) is 3.36. The first-order valence-corrected chi connectivity index (χ1v) is 8.90. The Morgan fingerprint density at radius 1 is 1.48 bits per heavy atom. The number of hydrogen-bond acceptors (Lipinski definition) is 3. The van der Waals surface area contributed by atoms with Crippen molar-refractivity contribution in [1.82, 2.24) is 10.0 Å². The summed E-state index contributed by atoms with van der Waals surface area (Å²) < 4.78 is 40.8. The molecule has 1 aliphatic heterocycles. The Balaban J connectivity index is 0.00000220. The van der Waals surface area contributed by atoms with Gasteiger partial charge in [0.1, 0.15) is 10.7 Å². The zero-order valence-electron chi connectivity index (χ0n) is 11.0. The average molecular weight is 422 g/mol. The van der Waals surface area contributed by atoms with Gasteiger partial charge < -0.3 is 5.32 Å². The Hall–Kier alpha value is 0.0800. The minimum atomic E-state index is -3.89. The van der Waals surface area contributed by atoms with Crippen LogP contribution in [-0.2, 0) is 10.0 Å². The van der Waals surface area contributed by atoms with E-state index < -0.39 is 20.7 Å². The van der Waals surface area contributed by atoms with E-state index in [9.17, 15) is 12.8 Å². The van der Waals surface area contributed by atoms with Gasteiger partial charge in [0.15, 0.2) is 0 Å². The first-order chi connectivity index (χ1) is 9.40. The molecule has 0 amide bonds. The van der Waals surface area contributed by atoms with Crippen LogP contribution in [-0.4, -0.2) is 28.1 Å². The standard InChI is InChI=1S/C12H15BrClFN2O2S.ClH/c13-9-4-11(15)12(5-10(9)14)20(18,19)17-7-8-2-1-3-16-6-8;/h4-5,8,16-17H,1-3,6-7H2;1H. The third kappa shape index (κ3) is 5.04. The summed E-state index contributed by atoms with van der Waals surface area (Å²) in [7, 11) is -3.89. The number of halogens is 4. The van der Waals surface area contributed by atoms with E-state index in [0.29, 0.717) is 11.0 Å². The molecule has 0 spiro atoms. The van der Waals surface area contributed by atoms with Crippen LogP contribution in [0.5, 0.6) is 0 Å². The average Bonchev–Trinajstić information content (AvgIpc) is 2.42. The summed E-state index contributed by atoms with van der Waals surface area (Å²) in [6, 6.07) is 2.17. The number of nitrogens with one attached hydrogen (secondary N) is 2. The molecule has 120 valence electrons. The predicted molar refractivity (Wildman–Crippen MR) is 87.1 cm³/mol. The van der Waals surface area contributed by atoms with Gasteiger partial charge in [-0.25, -0.2) is 17.5 Å². The van der Waals surface area contributed by atoms with E-state index in [4.69, 9.17) is 11.6 Å². The molecule has 0 bridgehead atoms. The number of benzene rings is 1. The molecule has 1 aromatic rings. The minimum Gasteiger partial charge on any atom is -0.316 e. The van der Waals surface area contributed by atoms with Crippen molar-refractivity contribution < 1.29 is 12.8 Å². The SMILES string of the molecule is Cl.O=S(=O)(NCC1CCCNC1)c1cc(Cl)c(Br)cc1F. The molecule has 0 saturated carbocycles. The second kappa shape index (κ2) is 8.08. The van der Waals surface area contributed by atoms with Crippen molar-refractivity contribution in [3.05, 3.63) is 27.4 Å². The van der Waals surface area contributed by atoms with Crippen molar-refractivity contribution in [3.63, 3.8) is 0 Å². The lowest BCUT2D eigenvalue weighted by Gasteiger charge is -2.22. The van der Waals surface area contributed by atoms with E-state index in [2.05, 4.69) is 26.0 Å². The van der Waals surface area contributed by atoms with Gasteiger partial charge in [-0.2, -0.15) is 0 Å². The van der Waals surface area contributed by atoms with Crippen molar-refractivity contribution in [3.8, 4) is 0 Å². The van der Waals surface area contributed by atoms with Crippen LogP contribution in [0, 0.1) is 11.7 Å². The van der Waals surface area contributed by atoms with Crippen LogP contribution in [0.3, 0.4) is 0 Å². The van der Waals surface area contributed by atoms with E-state index in [0.717, 1.165) is 38.1 Å². The van der Waals surface area contributed by atoms with E-state index in [-0.39, 0.29) is 23.3 Å². The molecule has 4 nitrogen and oxygen atoms in total. The van der Waals surface area contributed by atoms with Crippen molar-refractivity contribution in [1.29, 1.82) is 0 Å². The summed E-state index contributed by atoms with van der Waals surface area (Å²) in [5.74, 6) is -0.594. The van der Waals surface area contributed by atoms with Crippen LogP contribution in [0.15, 0.2) is 21.5 Å². The molecule has 0 radical (unpaired) electrons. The van der Waals surface area contributed by atoms with Gasteiger partial charge in [-0.3, -0.25) is 0 Å². The first kappa shape index (κ1) is 19.1. The largest absolute Gasteiger partial charge is 0.316 e. The van der Waals surface area contributed by atoms with E-state index in [1.165, 1.54) is 0 Å². The highest BCUT2D eigenvalue weighted by Gasteiger charge is 2.22. The normalized spacial score (nSPS) is 19.1. The highest BCUT2D eigenvalue weighted by molar-refractivity contribution is 9.10. The molecule has 0 aliphatic carbocycles. The Labute approximate surface area is 143 Å². The maximum atomic E-state index is 13.8. The number of sulfonamides is 1. The summed E-state index contributed by atoms with van der Waals surface area (Å²) in [5.41, 5.74) is 0. The van der Waals surface area contributed by atoms with Gasteiger partial charge in [-0.05, 0) is 59.9 Å². The van der Waals surface area contributed by atoms with Crippen LogP contribution in [0.1, 0.15) is 12.8 Å². The molecule has 21 heavy (non-hydrogen) atoms. The number of rotatable bonds is 4. The fourth-order valence-electron chi connectivity index (χ4n) is 2.11. The Morgan fingerprint density at radius 2 is 2.19 bits per heavy atom. The molecule has 0 aromatic heterocycles. The lowest BCUT2D eigenvalue weighted by atomic mass is 10.0. The molecular weight excluding hydrogens is 406 g/mol. The summed E-state index contributed by atoms with van der Waals surface area (Å²) in [6.07, 6.45) is 1.98. The molecule has 2 N–H and O–H groups in total. The van der Waals surface area contributed by atoms with Gasteiger partial charge in [0, 0.05) is 11.0 Å². The fraction of sp³-hybridized carbons (Fsp3) is 0.500. The topological polar surface area (TPSA) is 58.2 Å². The second-order valence-electron chi connectivity index (χ2n) is 4.76. The van der Waals surface area contributed by atoms with Crippen LogP contribution in [0.2, 0.25) is 5.02 Å². The fourth-order valence-corrected chi connectivity index (χ4v) is 3.86. The lowest BCUT2D eigenvalue weighted by Crippen LogP contribution is -2.38. The molecule has 1 fully saturated rings. The highest BCUT2D eigenvalue weighted by Crippen LogP contribution is 2.28. The van der Waals surface area contributed by atoms with Crippen LogP contribution < -0.4 is 10.0 Å². The summed E-state index contributed by atoms with van der Waals surface area (Å²) in [6.45, 7) is 2.02. The molecule has 1 atom stereocenters. The smallest absolute Gasteiger partial charge is 0.243 e. The maximum absolute atomic E-state index is 13.8. The van der Waals surface area contributed by atoms with Gasteiger partial charge in [0.2, 0.25) is 10.0 Å². The van der Waals surface area contributed by atoms with Gasteiger partial charge in [0.05, 0.1) is 5.02 Å². The second-order valence-corrected chi connectivity index (χ2v) is 7.76. The zero-order chi connectivity index (χ0) is 14.8. The maximum Gasteiger partial charge on any atom is 0.243 e. The molecule has 2 rings (SSSR count). The quantitative estimate of drug-likeness (QED) is 0.734. The van der Waals surface area contributed by atoms with E-state index >= 15 is 0 Å². The predicted octanol–water partition coefficient (Wildman–Crippen LogP) is 2.94. The Kier molecular flexibility index (Phi) is 7.36. The summed E-state index contributed by atoms with van der Waals surface area (Å²) in [4.78, 5) is -0.422. The van der Waals surface area contributed by atoms with Crippen molar-refractivity contribution in [2.45, 2.75) is 17.7 Å². The first-order valence-electron chi connectivity index (χ1n) is 6.25. The van der Waals surface area contributed by atoms with E-state index in [1.807, 2.05) is 0 Å². The number of piperidine rings is 1. The summed E-state index contributed by atoms with van der Waals surface area (Å²) >= 11 is 8.88. The monoisotopic (exact) mass is 420 g/mol. The molecule has 1 aromatic carbocycles. The van der Waals surface area contributed by atoms with Gasteiger partial charge in [-0.15, -0.1) is 12.4 Å². The van der Waals surface area contributed by atoms with E-state index in [1.54, 1.807) is 0 Å². The Morgan fingerprint density at radius 3 is 2.81 bits per heavy atom. The van der Waals surface area contributed by atoms with Crippen LogP contribution in [0.4, 0.5) is 4.39 Å². The Bertz CT molecular complexity index is 595. The number of hydrogen-bond donors (Lipinski definition) is 2. The molecule has 1 unspecified atom stereocenters. The minimum absolute atomic E-state index is 0. The van der Waals surface area contributed by atoms with Crippen molar-refractivity contribution in [2.24, 2.45) is 5.92 Å². The van der Waals surface area contributed by atoms with Gasteiger partial charge in [0.25, 0.3) is 0 Å². The molecular formula is C12H16BrCl2FN2O2S. The van der Waals surface area contributed by atoms with Crippen molar-refractivity contribution >= 4 is 50.0 Å². The van der Waals surface area contributed by atoms with Crippen molar-refractivity contribution in [2.75, 3.05) is 19.6 Å². The molecule has 1 aliphatic rings. The lowest BCUT2D eigenvalue weighted by molar-refractivity contribution is 0.375. The zero-order valence-corrected chi connectivity index (χ0v) is 15.0. The van der Waals surface area contributed by atoms with Gasteiger partial charge in [-0.1, -0.05) is 11.6 Å². The molecule has 9 heteroatoms. The molecule has 1 heterocycles. The third-order valence-corrected chi connectivity index (χ3v) is 5.86. The third-order valence-electron chi connectivity index (χ3n) is 3.23. The van der Waals surface area contributed by atoms with Crippen LogP contribution in [0.25, 0.3) is 0 Å².